The molecule has 0 saturated carbocycles. The van der Waals surface area contributed by atoms with Crippen LogP contribution in [0.25, 0.3) is 0 Å². The second kappa shape index (κ2) is 17.3. The van der Waals surface area contributed by atoms with Crippen LogP contribution in [0.2, 0.25) is 0 Å². The minimum absolute atomic E-state index is 0.549. The van der Waals surface area contributed by atoms with Gasteiger partial charge in [0.1, 0.15) is 0 Å². The first-order chi connectivity index (χ1) is 10.3. The van der Waals surface area contributed by atoms with E-state index in [1.54, 1.807) is 6.08 Å². The van der Waals surface area contributed by atoms with Crippen molar-refractivity contribution in [1.82, 2.24) is 0 Å². The Morgan fingerprint density at radius 1 is 0.714 bits per heavy atom. The first-order valence-corrected chi connectivity index (χ1v) is 9.30. The van der Waals surface area contributed by atoms with E-state index in [1.807, 2.05) is 6.92 Å². The van der Waals surface area contributed by atoms with Gasteiger partial charge in [0, 0.05) is 6.42 Å². The number of aliphatic hydroxyl groups excluding tert-OH is 1. The summed E-state index contributed by atoms with van der Waals surface area (Å²) in [5.74, 6) is 0.549. The maximum absolute atomic E-state index is 9.31. The standard InChI is InChI=1S/C20H38O/c1-3-5-6-7-8-9-10-11-12-13-14-15-16-17-18-19-20(21)4-2/h4,11-12,21H,3,5-10,13-19H2,1-2H3/b12-11-,20-4?. The van der Waals surface area contributed by atoms with Crippen LogP contribution in [0.4, 0.5) is 0 Å². The van der Waals surface area contributed by atoms with Gasteiger partial charge in [0.2, 0.25) is 0 Å². The summed E-state index contributed by atoms with van der Waals surface area (Å²) in [6.45, 7) is 4.17. The molecule has 0 aromatic heterocycles. The summed E-state index contributed by atoms with van der Waals surface area (Å²) in [4.78, 5) is 0. The maximum Gasteiger partial charge on any atom is 0.0880 e. The lowest BCUT2D eigenvalue weighted by Gasteiger charge is -2.00. The van der Waals surface area contributed by atoms with Crippen LogP contribution in [0.15, 0.2) is 24.0 Å². The highest BCUT2D eigenvalue weighted by Gasteiger charge is 1.93. The molecule has 0 unspecified atom stereocenters. The molecule has 1 N–H and O–H groups in total. The molecule has 1 nitrogen and oxygen atoms in total. The van der Waals surface area contributed by atoms with Gasteiger partial charge in [-0.05, 0) is 45.1 Å². The van der Waals surface area contributed by atoms with Crippen molar-refractivity contribution in [2.24, 2.45) is 0 Å². The summed E-state index contributed by atoms with van der Waals surface area (Å²) in [5, 5.41) is 9.31. The van der Waals surface area contributed by atoms with Crippen LogP contribution in [-0.4, -0.2) is 5.11 Å². The molecule has 124 valence electrons. The third-order valence-corrected chi connectivity index (χ3v) is 4.03. The summed E-state index contributed by atoms with van der Waals surface area (Å²) in [7, 11) is 0. The van der Waals surface area contributed by atoms with Gasteiger partial charge in [0.25, 0.3) is 0 Å². The monoisotopic (exact) mass is 294 g/mol. The van der Waals surface area contributed by atoms with Crippen LogP contribution in [0, 0.1) is 0 Å². The molecular formula is C20H38O. The molecule has 0 spiro atoms. The topological polar surface area (TPSA) is 20.2 Å². The third-order valence-electron chi connectivity index (χ3n) is 4.03. The van der Waals surface area contributed by atoms with Crippen LogP contribution in [0.1, 0.15) is 104 Å². The Kier molecular flexibility index (Phi) is 16.7. The van der Waals surface area contributed by atoms with Gasteiger partial charge in [-0.15, -0.1) is 0 Å². The Hall–Kier alpha value is -0.720. The molecule has 21 heavy (non-hydrogen) atoms. The molecule has 0 aromatic rings. The normalized spacial score (nSPS) is 12.4. The number of unbranched alkanes of at least 4 members (excludes halogenated alkanes) is 11. The fraction of sp³-hybridized carbons (Fsp3) is 0.800. The molecule has 0 amide bonds. The minimum atomic E-state index is 0.549. The lowest BCUT2D eigenvalue weighted by molar-refractivity contribution is 0.379. The number of hydrogen-bond acceptors (Lipinski definition) is 1. The Morgan fingerprint density at radius 3 is 1.71 bits per heavy atom. The SMILES string of the molecule is CC=C(O)CCCCCCC/C=C\CCCCCCCC. The van der Waals surface area contributed by atoms with Crippen molar-refractivity contribution in [2.45, 2.75) is 104 Å². The maximum atomic E-state index is 9.31. The zero-order chi connectivity index (χ0) is 15.6. The van der Waals surface area contributed by atoms with Gasteiger partial charge in [-0.2, -0.15) is 0 Å². The van der Waals surface area contributed by atoms with Gasteiger partial charge >= 0.3 is 0 Å². The van der Waals surface area contributed by atoms with Crippen molar-refractivity contribution in [3.8, 4) is 0 Å². The fourth-order valence-corrected chi connectivity index (χ4v) is 2.52. The van der Waals surface area contributed by atoms with Crippen LogP contribution >= 0.6 is 0 Å². The van der Waals surface area contributed by atoms with Crippen LogP contribution in [0.5, 0.6) is 0 Å². The molecule has 0 aliphatic rings. The van der Waals surface area contributed by atoms with Gasteiger partial charge in [-0.25, -0.2) is 0 Å². The Morgan fingerprint density at radius 2 is 1.19 bits per heavy atom. The van der Waals surface area contributed by atoms with E-state index in [2.05, 4.69) is 19.1 Å². The predicted molar refractivity (Wildman–Crippen MR) is 95.8 cm³/mol. The predicted octanol–water partition coefficient (Wildman–Crippen LogP) is 7.49. The molecule has 0 bridgehead atoms. The molecule has 0 fully saturated rings. The van der Waals surface area contributed by atoms with Crippen LogP contribution in [0.3, 0.4) is 0 Å². The largest absolute Gasteiger partial charge is 0.513 e. The van der Waals surface area contributed by atoms with Crippen LogP contribution < -0.4 is 0 Å². The van der Waals surface area contributed by atoms with Gasteiger partial charge in [0.05, 0.1) is 5.76 Å². The first kappa shape index (κ1) is 20.3. The number of hydrogen-bond donors (Lipinski definition) is 1. The second-order valence-corrected chi connectivity index (χ2v) is 6.11. The molecule has 0 heterocycles. The summed E-state index contributed by atoms with van der Waals surface area (Å²) >= 11 is 0. The molecular weight excluding hydrogens is 256 g/mol. The average molecular weight is 295 g/mol. The average Bonchev–Trinajstić information content (AvgIpc) is 2.50. The van der Waals surface area contributed by atoms with Gasteiger partial charge in [-0.3, -0.25) is 0 Å². The van der Waals surface area contributed by atoms with Crippen molar-refractivity contribution in [3.63, 3.8) is 0 Å². The van der Waals surface area contributed by atoms with E-state index in [1.165, 1.54) is 77.0 Å². The van der Waals surface area contributed by atoms with E-state index >= 15 is 0 Å². The quantitative estimate of drug-likeness (QED) is 0.188. The molecule has 0 saturated heterocycles. The Balaban J connectivity index is 3.12. The van der Waals surface area contributed by atoms with E-state index < -0.39 is 0 Å². The molecule has 0 aliphatic carbocycles. The van der Waals surface area contributed by atoms with Gasteiger partial charge in [0.15, 0.2) is 0 Å². The third kappa shape index (κ3) is 17.2. The Labute approximate surface area is 133 Å². The highest BCUT2D eigenvalue weighted by atomic mass is 16.3. The van der Waals surface area contributed by atoms with E-state index in [4.69, 9.17) is 0 Å². The zero-order valence-corrected chi connectivity index (χ0v) is 14.6. The Bertz CT molecular complexity index is 253. The molecule has 0 rings (SSSR count). The summed E-state index contributed by atoms with van der Waals surface area (Å²) in [6.07, 6.45) is 24.6. The number of rotatable bonds is 15. The van der Waals surface area contributed by atoms with E-state index in [0.717, 1.165) is 12.8 Å². The van der Waals surface area contributed by atoms with Crippen molar-refractivity contribution in [3.05, 3.63) is 24.0 Å². The number of allylic oxidation sites excluding steroid dienone is 4. The van der Waals surface area contributed by atoms with E-state index in [0.29, 0.717) is 5.76 Å². The highest BCUT2D eigenvalue weighted by molar-refractivity contribution is 4.86. The molecule has 0 atom stereocenters. The van der Waals surface area contributed by atoms with Gasteiger partial charge in [-0.1, -0.05) is 70.4 Å². The van der Waals surface area contributed by atoms with Crippen molar-refractivity contribution >= 4 is 0 Å². The van der Waals surface area contributed by atoms with E-state index in [9.17, 15) is 5.11 Å². The summed E-state index contributed by atoms with van der Waals surface area (Å²) in [6, 6.07) is 0. The lowest BCUT2D eigenvalue weighted by Crippen LogP contribution is -1.83. The van der Waals surface area contributed by atoms with Gasteiger partial charge < -0.3 is 5.11 Å². The van der Waals surface area contributed by atoms with E-state index in [-0.39, 0.29) is 0 Å². The molecule has 0 radical (unpaired) electrons. The first-order valence-electron chi connectivity index (χ1n) is 9.30. The molecule has 0 aliphatic heterocycles. The smallest absolute Gasteiger partial charge is 0.0880 e. The second-order valence-electron chi connectivity index (χ2n) is 6.11. The lowest BCUT2D eigenvalue weighted by atomic mass is 10.1. The zero-order valence-electron chi connectivity index (χ0n) is 14.6. The highest BCUT2D eigenvalue weighted by Crippen LogP contribution is 2.11. The molecule has 1 heteroatoms. The van der Waals surface area contributed by atoms with Crippen molar-refractivity contribution < 1.29 is 5.11 Å². The molecule has 0 aromatic carbocycles. The summed E-state index contributed by atoms with van der Waals surface area (Å²) < 4.78 is 0. The van der Waals surface area contributed by atoms with Crippen molar-refractivity contribution in [2.75, 3.05) is 0 Å². The minimum Gasteiger partial charge on any atom is -0.513 e. The fourth-order valence-electron chi connectivity index (χ4n) is 2.52. The van der Waals surface area contributed by atoms with Crippen molar-refractivity contribution in [1.29, 1.82) is 0 Å². The number of aliphatic hydroxyl groups is 1. The van der Waals surface area contributed by atoms with Crippen LogP contribution in [-0.2, 0) is 0 Å². The summed E-state index contributed by atoms with van der Waals surface area (Å²) in [5.41, 5.74) is 0.